The van der Waals surface area contributed by atoms with Crippen LogP contribution in [0, 0.1) is 34.5 Å². The molecule has 122 valence electrons. The smallest absolute Gasteiger partial charge is 0.0922 e. The van der Waals surface area contributed by atoms with Crippen molar-refractivity contribution >= 4 is 0 Å². The largest absolute Gasteiger partial charge is 0.512 e. The molecule has 0 amide bonds. The van der Waals surface area contributed by atoms with Gasteiger partial charge in [0.1, 0.15) is 0 Å². The maximum atomic E-state index is 10.8. The highest BCUT2D eigenvalue weighted by Crippen LogP contribution is 2.64. The maximum Gasteiger partial charge on any atom is 0.0922 e. The second-order valence-corrected chi connectivity index (χ2v) is 8.70. The van der Waals surface area contributed by atoms with E-state index in [9.17, 15) is 10.2 Å². The van der Waals surface area contributed by atoms with Gasteiger partial charge in [-0.3, -0.25) is 0 Å². The van der Waals surface area contributed by atoms with Crippen molar-refractivity contribution in [2.45, 2.75) is 58.1 Å². The van der Waals surface area contributed by atoms with Gasteiger partial charge in [0.2, 0.25) is 0 Å². The molecule has 0 aromatic heterocycles. The summed E-state index contributed by atoms with van der Waals surface area (Å²) in [6.45, 7) is 4.59. The minimum absolute atomic E-state index is 0.0129. The first-order valence-electron chi connectivity index (χ1n) is 8.90. The normalized spacial score (nSPS) is 56.8. The zero-order chi connectivity index (χ0) is 15.7. The fourth-order valence-electron chi connectivity index (χ4n) is 6.27. The summed E-state index contributed by atoms with van der Waals surface area (Å²) in [5.41, 5.74) is 6.21. The maximum absolute atomic E-state index is 10.8. The summed E-state index contributed by atoms with van der Waals surface area (Å²) < 4.78 is 0. The van der Waals surface area contributed by atoms with Crippen LogP contribution in [0.2, 0.25) is 0 Å². The Morgan fingerprint density at radius 3 is 2.73 bits per heavy atom. The average molecular weight is 303 g/mol. The third-order valence-corrected chi connectivity index (χ3v) is 7.76. The third kappa shape index (κ3) is 1.75. The number of allylic oxidation sites excluding steroid dienone is 3. The van der Waals surface area contributed by atoms with E-state index in [4.69, 9.17) is 5.73 Å². The van der Waals surface area contributed by atoms with Crippen LogP contribution in [-0.4, -0.2) is 22.4 Å². The Kier molecular flexibility index (Phi) is 3.09. The van der Waals surface area contributed by atoms with Crippen LogP contribution in [0.25, 0.3) is 0 Å². The Bertz CT molecular complexity index is 542. The molecular weight excluding hydrogens is 274 g/mol. The van der Waals surface area contributed by atoms with Crippen molar-refractivity contribution in [3.63, 3.8) is 0 Å². The minimum Gasteiger partial charge on any atom is -0.512 e. The fraction of sp³-hybridized carbons (Fsp3) is 0.789. The number of rotatable bonds is 0. The summed E-state index contributed by atoms with van der Waals surface area (Å²) in [5, 5.41) is 21.3. The molecule has 0 aromatic rings. The van der Waals surface area contributed by atoms with E-state index in [1.165, 1.54) is 0 Å². The molecule has 2 fully saturated rings. The lowest BCUT2D eigenvalue weighted by atomic mass is 9.48. The van der Waals surface area contributed by atoms with Crippen LogP contribution in [0.3, 0.4) is 0 Å². The number of hydrogen-bond donors (Lipinski definition) is 3. The second kappa shape index (κ2) is 4.61. The van der Waals surface area contributed by atoms with Crippen LogP contribution in [0.4, 0.5) is 0 Å². The van der Waals surface area contributed by atoms with Crippen molar-refractivity contribution in [3.05, 3.63) is 24.0 Å². The summed E-state index contributed by atoms with van der Waals surface area (Å²) in [7, 11) is 0. The van der Waals surface area contributed by atoms with Crippen molar-refractivity contribution in [1.82, 2.24) is 0 Å². The van der Waals surface area contributed by atoms with E-state index in [-0.39, 0.29) is 28.9 Å². The summed E-state index contributed by atoms with van der Waals surface area (Å²) in [5.74, 6) is 2.05. The van der Waals surface area contributed by atoms with E-state index >= 15 is 0 Å². The van der Waals surface area contributed by atoms with Crippen LogP contribution < -0.4 is 5.73 Å². The van der Waals surface area contributed by atoms with Gasteiger partial charge in [0.15, 0.2) is 0 Å². The molecule has 4 aliphatic carbocycles. The zero-order valence-electron chi connectivity index (χ0n) is 13.7. The van der Waals surface area contributed by atoms with Crippen molar-refractivity contribution < 1.29 is 10.2 Å². The predicted octanol–water partition coefficient (Wildman–Crippen LogP) is 3.16. The lowest BCUT2D eigenvalue weighted by molar-refractivity contribution is -0.0722. The molecule has 0 aliphatic heterocycles. The summed E-state index contributed by atoms with van der Waals surface area (Å²) in [6.07, 6.45) is 11.4. The van der Waals surface area contributed by atoms with Crippen LogP contribution >= 0.6 is 0 Å². The van der Waals surface area contributed by atoms with E-state index in [0.29, 0.717) is 23.5 Å². The number of fused-ring (bicyclic) bond motifs is 5. The van der Waals surface area contributed by atoms with Crippen LogP contribution in [-0.2, 0) is 0 Å². The molecule has 0 unspecified atom stereocenters. The zero-order valence-corrected chi connectivity index (χ0v) is 13.7. The van der Waals surface area contributed by atoms with Crippen LogP contribution in [0.1, 0.15) is 46.0 Å². The van der Waals surface area contributed by atoms with Crippen molar-refractivity contribution in [2.75, 3.05) is 0 Å². The molecule has 0 spiro atoms. The summed E-state index contributed by atoms with van der Waals surface area (Å²) in [4.78, 5) is 0. The molecule has 4 rings (SSSR count). The topological polar surface area (TPSA) is 66.5 Å². The standard InChI is InChI=1S/C19H29NO2/c1-18-7-5-12(20)9-11(18)10-15(21)17-13-3-4-16(22)19(13,2)8-6-14(17)18/h5,7,10-14,16-17,21-22H,3-4,6,8-9,20H2,1-2H3/t11-,12-,13-,14-,16-,17-,18-,19-/m0/s1. The molecule has 8 atom stereocenters. The van der Waals surface area contributed by atoms with E-state index in [1.807, 2.05) is 0 Å². The lowest BCUT2D eigenvalue weighted by Crippen LogP contribution is -2.53. The number of hydrogen-bond acceptors (Lipinski definition) is 3. The predicted molar refractivity (Wildman–Crippen MR) is 87.1 cm³/mol. The summed E-state index contributed by atoms with van der Waals surface area (Å²) >= 11 is 0. The van der Waals surface area contributed by atoms with Gasteiger partial charge in [-0.05, 0) is 66.8 Å². The molecule has 0 radical (unpaired) electrons. The molecule has 0 bridgehead atoms. The van der Waals surface area contributed by atoms with Gasteiger partial charge in [0.25, 0.3) is 0 Å². The molecule has 0 aromatic carbocycles. The first-order valence-corrected chi connectivity index (χ1v) is 8.90. The minimum atomic E-state index is -0.202. The Hall–Kier alpha value is -0.800. The number of aliphatic hydroxyl groups excluding tert-OH is 2. The van der Waals surface area contributed by atoms with Gasteiger partial charge < -0.3 is 15.9 Å². The van der Waals surface area contributed by atoms with E-state index < -0.39 is 0 Å². The Balaban J connectivity index is 1.76. The van der Waals surface area contributed by atoms with Crippen LogP contribution in [0.15, 0.2) is 24.0 Å². The van der Waals surface area contributed by atoms with Gasteiger partial charge in [-0.25, -0.2) is 0 Å². The van der Waals surface area contributed by atoms with E-state index in [0.717, 1.165) is 32.1 Å². The van der Waals surface area contributed by atoms with Crippen molar-refractivity contribution in [2.24, 2.45) is 40.2 Å². The van der Waals surface area contributed by atoms with Gasteiger partial charge in [0.05, 0.1) is 11.9 Å². The fourth-order valence-corrected chi connectivity index (χ4v) is 6.27. The first kappa shape index (κ1) is 14.8. The van der Waals surface area contributed by atoms with Gasteiger partial charge in [-0.2, -0.15) is 0 Å². The summed E-state index contributed by atoms with van der Waals surface area (Å²) in [6, 6.07) is 0.112. The Morgan fingerprint density at radius 2 is 1.95 bits per heavy atom. The Morgan fingerprint density at radius 1 is 1.18 bits per heavy atom. The molecule has 0 heterocycles. The lowest BCUT2D eigenvalue weighted by Gasteiger charge is -2.57. The third-order valence-electron chi connectivity index (χ3n) is 7.76. The molecule has 4 N–H and O–H groups in total. The highest BCUT2D eigenvalue weighted by molar-refractivity contribution is 5.26. The molecule has 4 aliphatic rings. The number of nitrogens with two attached hydrogens (primary N) is 1. The van der Waals surface area contributed by atoms with E-state index in [2.05, 4.69) is 32.1 Å². The highest BCUT2D eigenvalue weighted by Gasteiger charge is 2.60. The molecule has 3 heteroatoms. The quantitative estimate of drug-likeness (QED) is 0.602. The van der Waals surface area contributed by atoms with Gasteiger partial charge in [0, 0.05) is 12.0 Å². The molecular formula is C19H29NO2. The molecule has 3 nitrogen and oxygen atoms in total. The van der Waals surface area contributed by atoms with Gasteiger partial charge in [-0.1, -0.05) is 26.0 Å². The van der Waals surface area contributed by atoms with E-state index in [1.54, 1.807) is 0 Å². The SMILES string of the molecule is C[C@]12C=C[C@H](N)C[C@H]1C=C(O)[C@@H]1[C@@H]2CC[C@]2(C)[C@@H](O)CC[C@@H]12. The second-order valence-electron chi connectivity index (χ2n) is 8.70. The molecule has 22 heavy (non-hydrogen) atoms. The monoisotopic (exact) mass is 303 g/mol. The molecule has 0 saturated heterocycles. The van der Waals surface area contributed by atoms with Crippen LogP contribution in [0.5, 0.6) is 0 Å². The average Bonchev–Trinajstić information content (AvgIpc) is 2.77. The van der Waals surface area contributed by atoms with Crippen molar-refractivity contribution in [1.29, 1.82) is 0 Å². The number of aliphatic hydroxyl groups is 2. The van der Waals surface area contributed by atoms with Crippen molar-refractivity contribution in [3.8, 4) is 0 Å². The Labute approximate surface area is 133 Å². The van der Waals surface area contributed by atoms with Gasteiger partial charge >= 0.3 is 0 Å². The highest BCUT2D eigenvalue weighted by atomic mass is 16.3. The van der Waals surface area contributed by atoms with Gasteiger partial charge in [-0.15, -0.1) is 0 Å². The molecule has 2 saturated carbocycles. The first-order chi connectivity index (χ1) is 10.4.